The van der Waals surface area contributed by atoms with E-state index in [1.165, 1.54) is 16.7 Å². The first kappa shape index (κ1) is 14.0. The maximum atomic E-state index is 12.2. The van der Waals surface area contributed by atoms with Crippen LogP contribution < -0.4 is 15.6 Å². The first-order chi connectivity index (χ1) is 9.66. The number of benzene rings is 1. The van der Waals surface area contributed by atoms with Gasteiger partial charge in [-0.05, 0) is 18.2 Å². The van der Waals surface area contributed by atoms with Crippen molar-refractivity contribution in [3.05, 3.63) is 59.0 Å². The lowest BCUT2D eigenvalue weighted by Gasteiger charge is -2.13. The molecule has 2 rings (SSSR count). The Morgan fingerprint density at radius 3 is 2.65 bits per heavy atom. The van der Waals surface area contributed by atoms with E-state index in [2.05, 4.69) is 10.1 Å². The molecule has 1 N–H and O–H groups in total. The van der Waals surface area contributed by atoms with Crippen molar-refractivity contribution in [2.24, 2.45) is 0 Å². The molecule has 1 aromatic heterocycles. The summed E-state index contributed by atoms with van der Waals surface area (Å²) in [5.74, 6) is 0.0860. The Balaban J connectivity index is 1.98. The van der Waals surface area contributed by atoms with E-state index in [9.17, 15) is 13.6 Å². The van der Waals surface area contributed by atoms with E-state index in [0.717, 1.165) is 0 Å². The lowest BCUT2D eigenvalue weighted by molar-refractivity contribution is -0.0493. The molecule has 0 aliphatic carbocycles. The maximum absolute atomic E-state index is 12.2. The standard InChI is InChI=1S/C14H14F2N2O2/c15-14(16)20-12-6-2-1-5-11(12)17-8-10-18-9-4-3-7-13(18)19/h1-7,9,14,17H,8,10H2. The first-order valence-corrected chi connectivity index (χ1v) is 6.10. The molecule has 1 heterocycles. The van der Waals surface area contributed by atoms with Gasteiger partial charge in [-0.25, -0.2) is 0 Å². The van der Waals surface area contributed by atoms with Crippen LogP contribution in [-0.4, -0.2) is 17.7 Å². The summed E-state index contributed by atoms with van der Waals surface area (Å²) in [5, 5.41) is 2.98. The molecule has 0 saturated heterocycles. The number of nitrogens with zero attached hydrogens (tertiary/aromatic N) is 1. The molecule has 0 spiro atoms. The van der Waals surface area contributed by atoms with E-state index in [-0.39, 0.29) is 11.3 Å². The fourth-order valence-corrected chi connectivity index (χ4v) is 1.77. The number of halogens is 2. The number of nitrogens with one attached hydrogen (secondary N) is 1. The Morgan fingerprint density at radius 2 is 1.90 bits per heavy atom. The third-order valence-corrected chi connectivity index (χ3v) is 2.67. The normalized spacial score (nSPS) is 10.6. The van der Waals surface area contributed by atoms with Gasteiger partial charge in [0.05, 0.1) is 5.69 Å². The SMILES string of the molecule is O=c1ccccn1CCNc1ccccc1OC(F)F. The highest BCUT2D eigenvalue weighted by Gasteiger charge is 2.08. The molecular formula is C14H14F2N2O2. The zero-order valence-electron chi connectivity index (χ0n) is 10.6. The van der Waals surface area contributed by atoms with Crippen LogP contribution in [0.4, 0.5) is 14.5 Å². The van der Waals surface area contributed by atoms with E-state index in [0.29, 0.717) is 18.8 Å². The zero-order valence-corrected chi connectivity index (χ0v) is 10.6. The topological polar surface area (TPSA) is 43.3 Å². The van der Waals surface area contributed by atoms with Crippen LogP contribution in [0.3, 0.4) is 0 Å². The van der Waals surface area contributed by atoms with E-state index in [1.807, 2.05) is 0 Å². The number of para-hydroxylation sites is 2. The van der Waals surface area contributed by atoms with Gasteiger partial charge in [0.15, 0.2) is 0 Å². The van der Waals surface area contributed by atoms with Crippen molar-refractivity contribution in [1.82, 2.24) is 4.57 Å². The molecule has 0 unspecified atom stereocenters. The van der Waals surface area contributed by atoms with Gasteiger partial charge in [0.1, 0.15) is 5.75 Å². The molecule has 0 aliphatic rings. The second kappa shape index (κ2) is 6.70. The Morgan fingerprint density at radius 1 is 1.15 bits per heavy atom. The Kier molecular flexibility index (Phi) is 4.70. The fourth-order valence-electron chi connectivity index (χ4n) is 1.77. The second-order valence-electron chi connectivity index (χ2n) is 4.03. The summed E-state index contributed by atoms with van der Waals surface area (Å²) in [6, 6.07) is 11.3. The van der Waals surface area contributed by atoms with Crippen LogP contribution >= 0.6 is 0 Å². The highest BCUT2D eigenvalue weighted by molar-refractivity contribution is 5.56. The molecule has 0 aliphatic heterocycles. The number of ether oxygens (including phenoxy) is 1. The summed E-state index contributed by atoms with van der Waals surface area (Å²) >= 11 is 0. The van der Waals surface area contributed by atoms with Gasteiger partial charge >= 0.3 is 6.61 Å². The number of anilines is 1. The van der Waals surface area contributed by atoms with Crippen molar-refractivity contribution in [3.8, 4) is 5.75 Å². The molecule has 1 aromatic carbocycles. The van der Waals surface area contributed by atoms with Crippen molar-refractivity contribution < 1.29 is 13.5 Å². The Labute approximate surface area is 114 Å². The molecule has 4 nitrogen and oxygen atoms in total. The minimum Gasteiger partial charge on any atom is -0.433 e. The van der Waals surface area contributed by atoms with Crippen LogP contribution in [0.1, 0.15) is 0 Å². The minimum absolute atomic E-state index is 0.0860. The summed E-state index contributed by atoms with van der Waals surface area (Å²) in [4.78, 5) is 11.5. The summed E-state index contributed by atoms with van der Waals surface area (Å²) in [6.07, 6.45) is 1.67. The van der Waals surface area contributed by atoms with Gasteiger partial charge in [-0.15, -0.1) is 0 Å². The summed E-state index contributed by atoms with van der Waals surface area (Å²) in [5.41, 5.74) is 0.364. The Bertz CT molecular complexity index is 614. The average Bonchev–Trinajstić information content (AvgIpc) is 2.42. The Hall–Kier alpha value is -2.37. The van der Waals surface area contributed by atoms with Gasteiger partial charge in [-0.3, -0.25) is 4.79 Å². The summed E-state index contributed by atoms with van der Waals surface area (Å²) in [6.45, 7) is -2.01. The number of hydrogen-bond donors (Lipinski definition) is 1. The molecule has 0 saturated carbocycles. The average molecular weight is 280 g/mol. The van der Waals surface area contributed by atoms with Crippen LogP contribution in [0.2, 0.25) is 0 Å². The highest BCUT2D eigenvalue weighted by Crippen LogP contribution is 2.25. The van der Waals surface area contributed by atoms with Crippen LogP contribution in [-0.2, 0) is 6.54 Å². The van der Waals surface area contributed by atoms with Crippen LogP contribution in [0.15, 0.2) is 53.5 Å². The van der Waals surface area contributed by atoms with Gasteiger partial charge in [0, 0.05) is 25.4 Å². The van der Waals surface area contributed by atoms with E-state index >= 15 is 0 Å². The van der Waals surface area contributed by atoms with Crippen molar-refractivity contribution in [1.29, 1.82) is 0 Å². The molecule has 0 radical (unpaired) electrons. The minimum atomic E-state index is -2.87. The van der Waals surface area contributed by atoms with Crippen molar-refractivity contribution in [3.63, 3.8) is 0 Å². The van der Waals surface area contributed by atoms with Crippen molar-refractivity contribution in [2.75, 3.05) is 11.9 Å². The van der Waals surface area contributed by atoms with E-state index in [4.69, 9.17) is 0 Å². The smallest absolute Gasteiger partial charge is 0.387 e. The van der Waals surface area contributed by atoms with Crippen molar-refractivity contribution in [2.45, 2.75) is 13.2 Å². The fraction of sp³-hybridized carbons (Fsp3) is 0.214. The van der Waals surface area contributed by atoms with Gasteiger partial charge in [0.2, 0.25) is 0 Å². The van der Waals surface area contributed by atoms with Gasteiger partial charge in [-0.1, -0.05) is 18.2 Å². The molecule has 0 amide bonds. The van der Waals surface area contributed by atoms with Crippen LogP contribution in [0, 0.1) is 0 Å². The number of hydrogen-bond acceptors (Lipinski definition) is 3. The summed E-state index contributed by atoms with van der Waals surface area (Å²) in [7, 11) is 0. The lowest BCUT2D eigenvalue weighted by atomic mass is 10.3. The molecule has 6 heteroatoms. The third-order valence-electron chi connectivity index (χ3n) is 2.67. The number of aromatic nitrogens is 1. The predicted molar refractivity (Wildman–Crippen MR) is 72.3 cm³/mol. The second-order valence-corrected chi connectivity index (χ2v) is 4.03. The quantitative estimate of drug-likeness (QED) is 0.884. The molecule has 20 heavy (non-hydrogen) atoms. The van der Waals surface area contributed by atoms with E-state index in [1.54, 1.807) is 36.5 Å². The lowest BCUT2D eigenvalue weighted by Crippen LogP contribution is -2.22. The largest absolute Gasteiger partial charge is 0.433 e. The van der Waals surface area contributed by atoms with Gasteiger partial charge in [-0.2, -0.15) is 8.78 Å². The molecule has 106 valence electrons. The van der Waals surface area contributed by atoms with Crippen LogP contribution in [0.5, 0.6) is 5.75 Å². The molecule has 2 aromatic rings. The number of alkyl halides is 2. The third kappa shape index (κ3) is 3.81. The highest BCUT2D eigenvalue weighted by atomic mass is 19.3. The summed E-state index contributed by atoms with van der Waals surface area (Å²) < 4.78 is 30.4. The zero-order chi connectivity index (χ0) is 14.4. The monoisotopic (exact) mass is 280 g/mol. The molecule has 0 fully saturated rings. The van der Waals surface area contributed by atoms with E-state index < -0.39 is 6.61 Å². The van der Waals surface area contributed by atoms with Gasteiger partial charge in [0.25, 0.3) is 5.56 Å². The molecule has 0 atom stereocenters. The van der Waals surface area contributed by atoms with Crippen LogP contribution in [0.25, 0.3) is 0 Å². The first-order valence-electron chi connectivity index (χ1n) is 6.10. The van der Waals surface area contributed by atoms with Crippen molar-refractivity contribution >= 4 is 5.69 Å². The predicted octanol–water partition coefficient (Wildman–Crippen LogP) is 2.56. The van der Waals surface area contributed by atoms with Gasteiger partial charge < -0.3 is 14.6 Å². The maximum Gasteiger partial charge on any atom is 0.387 e. The number of pyridine rings is 1. The molecular weight excluding hydrogens is 266 g/mol. The number of rotatable bonds is 6. The molecule has 0 bridgehead atoms.